The van der Waals surface area contributed by atoms with Crippen molar-refractivity contribution in [3.63, 3.8) is 0 Å². The summed E-state index contributed by atoms with van der Waals surface area (Å²) >= 11 is 0. The molecular weight excluding hydrogens is 339 g/mol. The fraction of sp³-hybridized carbons (Fsp3) is 0.350. The van der Waals surface area contributed by atoms with Crippen molar-refractivity contribution in [3.8, 4) is 0 Å². The van der Waals surface area contributed by atoms with Crippen molar-refractivity contribution in [2.75, 3.05) is 13.1 Å². The van der Waals surface area contributed by atoms with Gasteiger partial charge in [0.2, 0.25) is 5.91 Å². The van der Waals surface area contributed by atoms with Gasteiger partial charge in [-0.15, -0.1) is 12.4 Å². The van der Waals surface area contributed by atoms with E-state index in [1.165, 1.54) is 12.1 Å². The van der Waals surface area contributed by atoms with Gasteiger partial charge in [0.15, 0.2) is 0 Å². The van der Waals surface area contributed by atoms with E-state index in [1.54, 1.807) is 12.1 Å². The summed E-state index contributed by atoms with van der Waals surface area (Å²) in [6.45, 7) is 3.59. The summed E-state index contributed by atoms with van der Waals surface area (Å²) in [6, 6.07) is 16.1. The van der Waals surface area contributed by atoms with E-state index < -0.39 is 5.41 Å². The Morgan fingerprint density at radius 2 is 1.68 bits per heavy atom. The molecule has 134 valence electrons. The molecule has 1 aliphatic rings. The van der Waals surface area contributed by atoms with Crippen LogP contribution in [-0.2, 0) is 10.2 Å². The van der Waals surface area contributed by atoms with E-state index in [0.29, 0.717) is 0 Å². The van der Waals surface area contributed by atoms with Crippen molar-refractivity contribution >= 4 is 18.3 Å². The lowest BCUT2D eigenvalue weighted by molar-refractivity contribution is -0.128. The SMILES string of the molecule is C[C@H](NC(=O)C1(c2ccccc2)CCNCC1)c1ccc(F)cc1.Cl. The molecule has 2 aromatic carbocycles. The molecule has 1 saturated heterocycles. The first kappa shape index (κ1) is 19.4. The van der Waals surface area contributed by atoms with E-state index in [-0.39, 0.29) is 30.2 Å². The normalized spacial score (nSPS) is 17.2. The third kappa shape index (κ3) is 4.20. The molecule has 0 unspecified atom stereocenters. The average Bonchev–Trinajstić information content (AvgIpc) is 2.63. The fourth-order valence-electron chi connectivity index (χ4n) is 3.43. The second kappa shape index (κ2) is 8.45. The highest BCUT2D eigenvalue weighted by Crippen LogP contribution is 2.34. The Bertz CT molecular complexity index is 685. The lowest BCUT2D eigenvalue weighted by Crippen LogP contribution is -2.51. The molecule has 3 nitrogen and oxygen atoms in total. The maximum Gasteiger partial charge on any atom is 0.231 e. The van der Waals surface area contributed by atoms with Crippen LogP contribution < -0.4 is 10.6 Å². The lowest BCUT2D eigenvalue weighted by atomic mass is 9.72. The summed E-state index contributed by atoms with van der Waals surface area (Å²) in [6.07, 6.45) is 1.55. The van der Waals surface area contributed by atoms with Gasteiger partial charge in [0, 0.05) is 0 Å². The highest BCUT2D eigenvalue weighted by molar-refractivity contribution is 5.88. The summed E-state index contributed by atoms with van der Waals surface area (Å²) in [4.78, 5) is 13.2. The topological polar surface area (TPSA) is 41.1 Å². The molecule has 2 N–H and O–H groups in total. The number of piperidine rings is 1. The molecule has 1 amide bonds. The van der Waals surface area contributed by atoms with Gasteiger partial charge in [-0.05, 0) is 56.1 Å². The minimum Gasteiger partial charge on any atom is -0.349 e. The molecule has 1 atom stereocenters. The van der Waals surface area contributed by atoms with Gasteiger partial charge in [-0.1, -0.05) is 42.5 Å². The van der Waals surface area contributed by atoms with Crippen LogP contribution in [0.4, 0.5) is 4.39 Å². The molecule has 2 aromatic rings. The Labute approximate surface area is 154 Å². The number of halogens is 2. The summed E-state index contributed by atoms with van der Waals surface area (Å²) < 4.78 is 13.1. The third-order valence-corrected chi connectivity index (χ3v) is 4.94. The van der Waals surface area contributed by atoms with Crippen LogP contribution in [0.3, 0.4) is 0 Å². The maximum atomic E-state index is 13.2. The molecule has 0 saturated carbocycles. The van der Waals surface area contributed by atoms with E-state index in [2.05, 4.69) is 10.6 Å². The van der Waals surface area contributed by atoms with Crippen molar-refractivity contribution in [2.24, 2.45) is 0 Å². The van der Waals surface area contributed by atoms with Crippen molar-refractivity contribution in [2.45, 2.75) is 31.2 Å². The molecule has 0 bridgehead atoms. The molecule has 5 heteroatoms. The van der Waals surface area contributed by atoms with Crippen LogP contribution >= 0.6 is 12.4 Å². The van der Waals surface area contributed by atoms with E-state index in [0.717, 1.165) is 37.1 Å². The van der Waals surface area contributed by atoms with Crippen molar-refractivity contribution in [1.82, 2.24) is 10.6 Å². The first-order valence-electron chi connectivity index (χ1n) is 8.44. The number of carbonyl (C=O) groups excluding carboxylic acids is 1. The summed E-state index contributed by atoms with van der Waals surface area (Å²) in [5.41, 5.74) is 1.47. The van der Waals surface area contributed by atoms with Gasteiger partial charge < -0.3 is 10.6 Å². The smallest absolute Gasteiger partial charge is 0.231 e. The Kier molecular flexibility index (Phi) is 6.57. The van der Waals surface area contributed by atoms with Gasteiger partial charge in [-0.2, -0.15) is 0 Å². The minimum atomic E-state index is -0.499. The van der Waals surface area contributed by atoms with Crippen LogP contribution in [0, 0.1) is 5.82 Å². The van der Waals surface area contributed by atoms with Crippen LogP contribution in [-0.4, -0.2) is 19.0 Å². The number of hydrogen-bond donors (Lipinski definition) is 2. The van der Waals surface area contributed by atoms with Crippen LogP contribution in [0.1, 0.15) is 36.9 Å². The highest BCUT2D eigenvalue weighted by Gasteiger charge is 2.41. The van der Waals surface area contributed by atoms with Gasteiger partial charge in [-0.25, -0.2) is 4.39 Å². The maximum absolute atomic E-state index is 13.2. The van der Waals surface area contributed by atoms with Crippen molar-refractivity contribution in [3.05, 3.63) is 71.5 Å². The van der Waals surface area contributed by atoms with Crippen molar-refractivity contribution in [1.29, 1.82) is 0 Å². The summed E-state index contributed by atoms with van der Waals surface area (Å²) in [7, 11) is 0. The molecule has 0 spiro atoms. The number of amides is 1. The predicted molar refractivity (Wildman–Crippen MR) is 100 cm³/mol. The van der Waals surface area contributed by atoms with E-state index in [1.807, 2.05) is 37.3 Å². The second-order valence-corrected chi connectivity index (χ2v) is 6.44. The molecule has 1 aliphatic heterocycles. The Hall–Kier alpha value is -1.91. The molecule has 0 aliphatic carbocycles. The molecule has 0 radical (unpaired) electrons. The standard InChI is InChI=1S/C20H23FN2O.ClH/c1-15(16-7-9-18(21)10-8-16)23-19(24)20(11-13-22-14-12-20)17-5-3-2-4-6-17;/h2-10,15,22H,11-14H2,1H3,(H,23,24);1H/t15-;/m0./s1. The first-order chi connectivity index (χ1) is 11.6. The summed E-state index contributed by atoms with van der Waals surface area (Å²) in [5, 5.41) is 6.47. The Morgan fingerprint density at radius 1 is 1.08 bits per heavy atom. The zero-order valence-electron chi connectivity index (χ0n) is 14.3. The quantitative estimate of drug-likeness (QED) is 0.869. The second-order valence-electron chi connectivity index (χ2n) is 6.44. The number of carbonyl (C=O) groups is 1. The zero-order valence-corrected chi connectivity index (χ0v) is 15.1. The van der Waals surface area contributed by atoms with Gasteiger partial charge >= 0.3 is 0 Å². The Morgan fingerprint density at radius 3 is 2.28 bits per heavy atom. The van der Waals surface area contributed by atoms with Crippen LogP contribution in [0.2, 0.25) is 0 Å². The monoisotopic (exact) mass is 362 g/mol. The zero-order chi connectivity index (χ0) is 17.0. The van der Waals surface area contributed by atoms with Crippen LogP contribution in [0.5, 0.6) is 0 Å². The number of nitrogens with one attached hydrogen (secondary N) is 2. The molecule has 25 heavy (non-hydrogen) atoms. The lowest BCUT2D eigenvalue weighted by Gasteiger charge is -2.37. The third-order valence-electron chi connectivity index (χ3n) is 4.94. The molecule has 0 aromatic heterocycles. The molecule has 1 fully saturated rings. The number of benzene rings is 2. The fourth-order valence-corrected chi connectivity index (χ4v) is 3.43. The van der Waals surface area contributed by atoms with Crippen molar-refractivity contribution < 1.29 is 9.18 Å². The van der Waals surface area contributed by atoms with E-state index >= 15 is 0 Å². The predicted octanol–water partition coefficient (Wildman–Crippen LogP) is 3.75. The highest BCUT2D eigenvalue weighted by atomic mass is 35.5. The van der Waals surface area contributed by atoms with Gasteiger partial charge in [-0.3, -0.25) is 4.79 Å². The van der Waals surface area contributed by atoms with Gasteiger partial charge in [0.1, 0.15) is 5.82 Å². The average molecular weight is 363 g/mol. The van der Waals surface area contributed by atoms with E-state index in [4.69, 9.17) is 0 Å². The number of rotatable bonds is 4. The molecular formula is C20H24ClFN2O. The molecule has 3 rings (SSSR count). The minimum absolute atomic E-state index is 0. The van der Waals surface area contributed by atoms with E-state index in [9.17, 15) is 9.18 Å². The van der Waals surface area contributed by atoms with Crippen LogP contribution in [0.15, 0.2) is 54.6 Å². The van der Waals surface area contributed by atoms with Gasteiger partial charge in [0.05, 0.1) is 11.5 Å². The Balaban J connectivity index is 0.00000225. The number of hydrogen-bond acceptors (Lipinski definition) is 2. The van der Waals surface area contributed by atoms with Crippen LogP contribution in [0.25, 0.3) is 0 Å². The summed E-state index contributed by atoms with van der Waals surface area (Å²) in [5.74, 6) is -0.219. The molecule has 1 heterocycles. The largest absolute Gasteiger partial charge is 0.349 e. The first-order valence-corrected chi connectivity index (χ1v) is 8.44. The van der Waals surface area contributed by atoms with Gasteiger partial charge in [0.25, 0.3) is 0 Å².